The van der Waals surface area contributed by atoms with E-state index >= 15 is 0 Å². The van der Waals surface area contributed by atoms with E-state index in [-0.39, 0.29) is 12.0 Å². The maximum atomic E-state index is 13.3. The molecule has 2 aliphatic rings. The fraction of sp³-hybridized carbons (Fsp3) is 0.375. The second-order valence-electron chi connectivity index (χ2n) is 7.93. The number of aromatic nitrogens is 2. The zero-order chi connectivity index (χ0) is 21.0. The second-order valence-corrected chi connectivity index (χ2v) is 7.93. The molecule has 0 spiro atoms. The summed E-state index contributed by atoms with van der Waals surface area (Å²) in [5.74, 6) is 0.0318. The summed E-state index contributed by atoms with van der Waals surface area (Å²) in [6.45, 7) is 5.34. The topological polar surface area (TPSA) is 67.8 Å². The fourth-order valence-corrected chi connectivity index (χ4v) is 4.22. The van der Waals surface area contributed by atoms with Crippen LogP contribution in [0.3, 0.4) is 0 Å². The lowest BCUT2D eigenvalue weighted by Crippen LogP contribution is -2.41. The van der Waals surface area contributed by atoms with Crippen molar-refractivity contribution in [2.75, 3.05) is 46.0 Å². The number of hydrogen-bond acceptors (Lipinski definition) is 6. The smallest absolute Gasteiger partial charge is 0.254 e. The molecule has 5 rings (SSSR count). The molecule has 7 nitrogen and oxygen atoms in total. The number of fused-ring (bicyclic) bond motifs is 1. The number of hydrogen-bond donors (Lipinski definition) is 0. The monoisotopic (exact) mass is 418 g/mol. The molecule has 7 heteroatoms. The Hall–Kier alpha value is -2.87. The van der Waals surface area contributed by atoms with Gasteiger partial charge in [-0.3, -0.25) is 14.7 Å². The van der Waals surface area contributed by atoms with Gasteiger partial charge in [0.1, 0.15) is 6.10 Å². The van der Waals surface area contributed by atoms with Crippen molar-refractivity contribution in [1.29, 1.82) is 0 Å². The van der Waals surface area contributed by atoms with Crippen LogP contribution in [0.1, 0.15) is 27.8 Å². The molecule has 0 N–H and O–H groups in total. The van der Waals surface area contributed by atoms with Crippen LogP contribution >= 0.6 is 0 Å². The molecule has 3 aromatic rings. The Bertz CT molecular complexity index is 1050. The van der Waals surface area contributed by atoms with E-state index in [0.29, 0.717) is 45.0 Å². The van der Waals surface area contributed by atoms with Crippen molar-refractivity contribution in [2.45, 2.75) is 12.6 Å². The SMILES string of the molecule is O=C(c1cc(C2CN(Cc3ccccn3)CCO2)nc2ccccc12)N1CCOCC1. The molecule has 1 amide bonds. The lowest BCUT2D eigenvalue weighted by atomic mass is 10.0. The molecular formula is C24H26N4O3. The van der Waals surface area contributed by atoms with Crippen molar-refractivity contribution >= 4 is 16.8 Å². The van der Waals surface area contributed by atoms with Gasteiger partial charge in [0.2, 0.25) is 0 Å². The van der Waals surface area contributed by atoms with E-state index < -0.39 is 0 Å². The second kappa shape index (κ2) is 9.09. The van der Waals surface area contributed by atoms with Crippen LogP contribution in [0.4, 0.5) is 0 Å². The molecule has 2 aliphatic heterocycles. The van der Waals surface area contributed by atoms with Gasteiger partial charge < -0.3 is 14.4 Å². The third-order valence-electron chi connectivity index (χ3n) is 5.86. The number of carbonyl (C=O) groups is 1. The average Bonchev–Trinajstić information content (AvgIpc) is 2.84. The average molecular weight is 418 g/mol. The summed E-state index contributed by atoms with van der Waals surface area (Å²) >= 11 is 0. The van der Waals surface area contributed by atoms with Gasteiger partial charge in [-0.05, 0) is 24.3 Å². The third-order valence-corrected chi connectivity index (χ3v) is 5.86. The van der Waals surface area contributed by atoms with Gasteiger partial charge in [0.15, 0.2) is 0 Å². The predicted molar refractivity (Wildman–Crippen MR) is 117 cm³/mol. The van der Waals surface area contributed by atoms with E-state index in [1.165, 1.54) is 0 Å². The number of nitrogens with zero attached hydrogens (tertiary/aromatic N) is 4. The normalized spacial score (nSPS) is 20.1. The lowest BCUT2D eigenvalue weighted by Gasteiger charge is -2.33. The summed E-state index contributed by atoms with van der Waals surface area (Å²) < 4.78 is 11.5. The maximum absolute atomic E-state index is 13.3. The van der Waals surface area contributed by atoms with Gasteiger partial charge in [0, 0.05) is 44.3 Å². The summed E-state index contributed by atoms with van der Waals surface area (Å²) in [5, 5.41) is 0.879. The molecular weight excluding hydrogens is 392 g/mol. The number of benzene rings is 1. The first-order valence-electron chi connectivity index (χ1n) is 10.8. The van der Waals surface area contributed by atoms with Gasteiger partial charge >= 0.3 is 0 Å². The highest BCUT2D eigenvalue weighted by Gasteiger charge is 2.27. The first-order valence-corrected chi connectivity index (χ1v) is 10.8. The molecule has 2 fully saturated rings. The van der Waals surface area contributed by atoms with Crippen LogP contribution in [0.2, 0.25) is 0 Å². The molecule has 1 aromatic carbocycles. The number of morpholine rings is 2. The summed E-state index contributed by atoms with van der Waals surface area (Å²) in [6, 6.07) is 15.7. The van der Waals surface area contributed by atoms with Gasteiger partial charge in [-0.1, -0.05) is 24.3 Å². The van der Waals surface area contributed by atoms with Crippen molar-refractivity contribution in [3.8, 4) is 0 Å². The van der Waals surface area contributed by atoms with E-state index in [1.807, 2.05) is 59.6 Å². The Morgan fingerprint density at radius 3 is 2.71 bits per heavy atom. The number of amides is 1. The molecule has 1 atom stereocenters. The first kappa shape index (κ1) is 20.1. The summed E-state index contributed by atoms with van der Waals surface area (Å²) in [4.78, 5) is 26.8. The summed E-state index contributed by atoms with van der Waals surface area (Å²) in [6.07, 6.45) is 1.64. The Morgan fingerprint density at radius 2 is 1.87 bits per heavy atom. The molecule has 1 unspecified atom stereocenters. The molecule has 31 heavy (non-hydrogen) atoms. The molecule has 0 aliphatic carbocycles. The first-order chi connectivity index (χ1) is 15.3. The number of carbonyl (C=O) groups excluding carboxylic acids is 1. The van der Waals surface area contributed by atoms with Crippen molar-refractivity contribution in [2.24, 2.45) is 0 Å². The largest absolute Gasteiger partial charge is 0.378 e. The van der Waals surface area contributed by atoms with Crippen LogP contribution in [-0.4, -0.2) is 71.7 Å². The quantitative estimate of drug-likeness (QED) is 0.649. The standard InChI is InChI=1S/C24H26N4O3/c29-24(28-10-12-30-13-11-28)20-15-22(26-21-7-2-1-6-19(20)21)23-17-27(9-14-31-23)16-18-5-3-4-8-25-18/h1-8,15,23H,9-14,16-17H2. The minimum absolute atomic E-state index is 0.0318. The molecule has 0 radical (unpaired) electrons. The minimum Gasteiger partial charge on any atom is -0.378 e. The zero-order valence-electron chi connectivity index (χ0n) is 17.4. The van der Waals surface area contributed by atoms with E-state index in [4.69, 9.17) is 14.5 Å². The van der Waals surface area contributed by atoms with E-state index in [0.717, 1.165) is 35.4 Å². The zero-order valence-corrected chi connectivity index (χ0v) is 17.4. The molecule has 2 aromatic heterocycles. The van der Waals surface area contributed by atoms with E-state index in [9.17, 15) is 4.79 Å². The van der Waals surface area contributed by atoms with Gasteiger partial charge in [0.25, 0.3) is 5.91 Å². The maximum Gasteiger partial charge on any atom is 0.254 e. The highest BCUT2D eigenvalue weighted by molar-refractivity contribution is 6.06. The van der Waals surface area contributed by atoms with Crippen molar-refractivity contribution in [3.63, 3.8) is 0 Å². The lowest BCUT2D eigenvalue weighted by molar-refractivity contribution is -0.0352. The van der Waals surface area contributed by atoms with Gasteiger partial charge in [-0.15, -0.1) is 0 Å². The fourth-order valence-electron chi connectivity index (χ4n) is 4.22. The highest BCUT2D eigenvalue weighted by Crippen LogP contribution is 2.27. The summed E-state index contributed by atoms with van der Waals surface area (Å²) in [5.41, 5.74) is 3.36. The van der Waals surface area contributed by atoms with Crippen molar-refractivity contribution < 1.29 is 14.3 Å². The molecule has 2 saturated heterocycles. The predicted octanol–water partition coefficient (Wildman–Crippen LogP) is 2.68. The van der Waals surface area contributed by atoms with Crippen LogP contribution in [-0.2, 0) is 16.0 Å². The van der Waals surface area contributed by atoms with E-state index in [2.05, 4.69) is 9.88 Å². The van der Waals surface area contributed by atoms with Crippen LogP contribution in [0, 0.1) is 0 Å². The Labute approximate surface area is 181 Å². The van der Waals surface area contributed by atoms with Crippen LogP contribution in [0.25, 0.3) is 10.9 Å². The van der Waals surface area contributed by atoms with Crippen molar-refractivity contribution in [1.82, 2.24) is 19.8 Å². The van der Waals surface area contributed by atoms with E-state index in [1.54, 1.807) is 0 Å². The van der Waals surface area contributed by atoms with Crippen molar-refractivity contribution in [3.05, 3.63) is 71.7 Å². The van der Waals surface area contributed by atoms with Gasteiger partial charge in [0.05, 0.1) is 42.3 Å². The van der Waals surface area contributed by atoms with Crippen LogP contribution in [0.15, 0.2) is 54.7 Å². The minimum atomic E-state index is -0.182. The molecule has 0 saturated carbocycles. The third kappa shape index (κ3) is 4.44. The van der Waals surface area contributed by atoms with Gasteiger partial charge in [-0.2, -0.15) is 0 Å². The summed E-state index contributed by atoms with van der Waals surface area (Å²) in [7, 11) is 0. The number of rotatable bonds is 4. The van der Waals surface area contributed by atoms with Crippen LogP contribution in [0.5, 0.6) is 0 Å². The molecule has 4 heterocycles. The van der Waals surface area contributed by atoms with Gasteiger partial charge in [-0.25, -0.2) is 4.98 Å². The molecule has 0 bridgehead atoms. The van der Waals surface area contributed by atoms with Crippen LogP contribution < -0.4 is 0 Å². The Morgan fingerprint density at radius 1 is 1.03 bits per heavy atom. The molecule has 160 valence electrons. The Balaban J connectivity index is 1.43. The number of para-hydroxylation sites is 1. The Kier molecular flexibility index (Phi) is 5.88. The number of ether oxygens (including phenoxy) is 2. The highest BCUT2D eigenvalue weighted by atomic mass is 16.5. The number of pyridine rings is 2.